The third-order valence-electron chi connectivity index (χ3n) is 2.70. The number of amides is 1. The molecule has 1 aromatic rings. The van der Waals surface area contributed by atoms with E-state index in [1.165, 1.54) is 0 Å². The Hall–Kier alpha value is -1.14. The Labute approximate surface area is 116 Å². The zero-order chi connectivity index (χ0) is 13.5. The number of hydrogen-bond donors (Lipinski definition) is 3. The first-order valence-electron chi connectivity index (χ1n) is 6.05. The van der Waals surface area contributed by atoms with Gasteiger partial charge in [-0.1, -0.05) is 20.3 Å². The van der Waals surface area contributed by atoms with E-state index in [4.69, 9.17) is 5.84 Å². The van der Waals surface area contributed by atoms with Crippen LogP contribution in [0.2, 0.25) is 0 Å². The van der Waals surface area contributed by atoms with E-state index in [2.05, 4.69) is 45.5 Å². The number of carbonyl (C=O) groups is 1. The smallest absolute Gasteiger partial charge is 0.255 e. The summed E-state index contributed by atoms with van der Waals surface area (Å²) in [7, 11) is 0. The Morgan fingerprint density at radius 1 is 1.56 bits per heavy atom. The van der Waals surface area contributed by atoms with Gasteiger partial charge in [-0.05, 0) is 34.8 Å². The second-order valence-corrected chi connectivity index (χ2v) is 4.98. The number of nitrogens with zero attached hydrogens (tertiary/aromatic N) is 1. The van der Waals surface area contributed by atoms with Crippen LogP contribution >= 0.6 is 15.9 Å². The molecule has 0 spiro atoms. The van der Waals surface area contributed by atoms with Gasteiger partial charge in [0.25, 0.3) is 5.91 Å². The minimum Gasteiger partial charge on any atom is -0.349 e. The van der Waals surface area contributed by atoms with Gasteiger partial charge in [-0.15, -0.1) is 0 Å². The number of halogens is 1. The monoisotopic (exact) mass is 314 g/mol. The molecule has 1 amide bonds. The van der Waals surface area contributed by atoms with Crippen molar-refractivity contribution in [2.45, 2.75) is 39.2 Å². The highest BCUT2D eigenvalue weighted by Crippen LogP contribution is 2.17. The van der Waals surface area contributed by atoms with Gasteiger partial charge in [0.05, 0.1) is 5.56 Å². The van der Waals surface area contributed by atoms with Crippen LogP contribution in [-0.2, 0) is 0 Å². The molecule has 1 unspecified atom stereocenters. The van der Waals surface area contributed by atoms with E-state index in [0.29, 0.717) is 11.4 Å². The fraction of sp³-hybridized carbons (Fsp3) is 0.500. The summed E-state index contributed by atoms with van der Waals surface area (Å²) in [6.45, 7) is 4.16. The number of carbonyl (C=O) groups excluding carboxylic acids is 1. The standard InChI is InChI=1S/C12H19BrN4O/c1-3-5-9(4-2)16-12(18)10-6-8(13)7-15-11(10)17-14/h6-7,9H,3-5,14H2,1-2H3,(H,15,17)(H,16,18). The van der Waals surface area contributed by atoms with E-state index >= 15 is 0 Å². The van der Waals surface area contributed by atoms with E-state index in [1.807, 2.05) is 0 Å². The van der Waals surface area contributed by atoms with Crippen LogP contribution in [0.4, 0.5) is 5.82 Å². The third-order valence-corrected chi connectivity index (χ3v) is 3.13. The Morgan fingerprint density at radius 3 is 2.83 bits per heavy atom. The fourth-order valence-corrected chi connectivity index (χ4v) is 2.05. The van der Waals surface area contributed by atoms with Gasteiger partial charge in [0.2, 0.25) is 0 Å². The fourth-order valence-electron chi connectivity index (χ4n) is 1.72. The maximum absolute atomic E-state index is 12.2. The molecule has 0 aliphatic heterocycles. The molecule has 0 saturated heterocycles. The summed E-state index contributed by atoms with van der Waals surface area (Å²) in [5, 5.41) is 2.99. The minimum atomic E-state index is -0.156. The molecule has 0 aliphatic carbocycles. The van der Waals surface area contributed by atoms with Gasteiger partial charge in [0, 0.05) is 16.7 Å². The second kappa shape index (κ2) is 7.33. The van der Waals surface area contributed by atoms with Gasteiger partial charge in [0.15, 0.2) is 5.82 Å². The lowest BCUT2D eigenvalue weighted by atomic mass is 10.1. The predicted molar refractivity (Wildman–Crippen MR) is 76.2 cm³/mol. The molecular weight excluding hydrogens is 296 g/mol. The lowest BCUT2D eigenvalue weighted by molar-refractivity contribution is 0.0934. The van der Waals surface area contributed by atoms with Crippen LogP contribution in [0.1, 0.15) is 43.5 Å². The summed E-state index contributed by atoms with van der Waals surface area (Å²) in [6, 6.07) is 1.89. The molecule has 0 saturated carbocycles. The molecule has 1 heterocycles. The maximum Gasteiger partial charge on any atom is 0.255 e. The van der Waals surface area contributed by atoms with Crippen molar-refractivity contribution < 1.29 is 4.79 Å². The lowest BCUT2D eigenvalue weighted by Crippen LogP contribution is -2.35. The topological polar surface area (TPSA) is 80.0 Å². The molecule has 0 bridgehead atoms. The van der Waals surface area contributed by atoms with Crippen molar-refractivity contribution in [2.75, 3.05) is 5.43 Å². The average molecular weight is 315 g/mol. The van der Waals surface area contributed by atoms with Crippen molar-refractivity contribution in [3.8, 4) is 0 Å². The van der Waals surface area contributed by atoms with Gasteiger partial charge in [0.1, 0.15) is 0 Å². The first-order chi connectivity index (χ1) is 8.62. The molecule has 0 aliphatic rings. The van der Waals surface area contributed by atoms with Crippen molar-refractivity contribution in [1.82, 2.24) is 10.3 Å². The van der Waals surface area contributed by atoms with Crippen LogP contribution < -0.4 is 16.6 Å². The molecule has 5 nitrogen and oxygen atoms in total. The highest BCUT2D eigenvalue weighted by atomic mass is 79.9. The Morgan fingerprint density at radius 2 is 2.28 bits per heavy atom. The van der Waals surface area contributed by atoms with Crippen LogP contribution in [0.5, 0.6) is 0 Å². The van der Waals surface area contributed by atoms with Crippen molar-refractivity contribution >= 4 is 27.7 Å². The number of aromatic nitrogens is 1. The molecule has 100 valence electrons. The van der Waals surface area contributed by atoms with Crippen LogP contribution in [0.3, 0.4) is 0 Å². The van der Waals surface area contributed by atoms with Gasteiger partial charge >= 0.3 is 0 Å². The summed E-state index contributed by atoms with van der Waals surface area (Å²) in [6.07, 6.45) is 4.51. The number of pyridine rings is 1. The number of hydrazine groups is 1. The molecule has 1 aromatic heterocycles. The first kappa shape index (κ1) is 14.9. The number of rotatable bonds is 6. The molecule has 0 aromatic carbocycles. The summed E-state index contributed by atoms with van der Waals surface area (Å²) in [4.78, 5) is 16.2. The molecule has 0 fully saturated rings. The van der Waals surface area contributed by atoms with Gasteiger partial charge < -0.3 is 10.7 Å². The molecule has 18 heavy (non-hydrogen) atoms. The Balaban J connectivity index is 2.85. The zero-order valence-corrected chi connectivity index (χ0v) is 12.3. The summed E-state index contributed by atoms with van der Waals surface area (Å²) < 4.78 is 0.746. The van der Waals surface area contributed by atoms with Crippen LogP contribution in [0.25, 0.3) is 0 Å². The third kappa shape index (κ3) is 3.96. The van der Waals surface area contributed by atoms with Crippen molar-refractivity contribution in [2.24, 2.45) is 5.84 Å². The lowest BCUT2D eigenvalue weighted by Gasteiger charge is -2.17. The summed E-state index contributed by atoms with van der Waals surface area (Å²) in [5.74, 6) is 5.57. The summed E-state index contributed by atoms with van der Waals surface area (Å²) in [5.41, 5.74) is 2.88. The van der Waals surface area contributed by atoms with Crippen molar-refractivity contribution in [3.63, 3.8) is 0 Å². The van der Waals surface area contributed by atoms with E-state index in [1.54, 1.807) is 12.3 Å². The van der Waals surface area contributed by atoms with E-state index in [9.17, 15) is 4.79 Å². The van der Waals surface area contributed by atoms with Crippen LogP contribution in [-0.4, -0.2) is 16.9 Å². The normalized spacial score (nSPS) is 12.0. The number of nitrogens with one attached hydrogen (secondary N) is 2. The van der Waals surface area contributed by atoms with Gasteiger partial charge in [-0.25, -0.2) is 10.8 Å². The average Bonchev–Trinajstić information content (AvgIpc) is 2.38. The molecule has 1 atom stereocenters. The SMILES string of the molecule is CCCC(CC)NC(=O)c1cc(Br)cnc1NN. The van der Waals surface area contributed by atoms with Gasteiger partial charge in [-0.3, -0.25) is 4.79 Å². The Bertz CT molecular complexity index is 411. The molecule has 4 N–H and O–H groups in total. The van der Waals surface area contributed by atoms with E-state index in [0.717, 1.165) is 23.7 Å². The molecule has 0 radical (unpaired) electrons. The number of anilines is 1. The number of nitrogens with two attached hydrogens (primary N) is 1. The quantitative estimate of drug-likeness (QED) is 0.556. The molecule has 6 heteroatoms. The maximum atomic E-state index is 12.2. The summed E-state index contributed by atoms with van der Waals surface area (Å²) >= 11 is 3.30. The van der Waals surface area contributed by atoms with Crippen LogP contribution in [0, 0.1) is 0 Å². The van der Waals surface area contributed by atoms with E-state index in [-0.39, 0.29) is 11.9 Å². The molecular formula is C12H19BrN4O. The highest BCUT2D eigenvalue weighted by molar-refractivity contribution is 9.10. The van der Waals surface area contributed by atoms with E-state index < -0.39 is 0 Å². The highest BCUT2D eigenvalue weighted by Gasteiger charge is 2.16. The van der Waals surface area contributed by atoms with Crippen LogP contribution in [0.15, 0.2) is 16.7 Å². The van der Waals surface area contributed by atoms with Gasteiger partial charge in [-0.2, -0.15) is 0 Å². The predicted octanol–water partition coefficient (Wildman–Crippen LogP) is 2.44. The zero-order valence-electron chi connectivity index (χ0n) is 10.7. The second-order valence-electron chi connectivity index (χ2n) is 4.06. The molecule has 1 rings (SSSR count). The minimum absolute atomic E-state index is 0.156. The van der Waals surface area contributed by atoms with Crippen molar-refractivity contribution in [3.05, 3.63) is 22.3 Å². The van der Waals surface area contributed by atoms with Crippen molar-refractivity contribution in [1.29, 1.82) is 0 Å². The first-order valence-corrected chi connectivity index (χ1v) is 6.84. The Kier molecular flexibility index (Phi) is 6.07. The number of hydrogen-bond acceptors (Lipinski definition) is 4. The largest absolute Gasteiger partial charge is 0.349 e. The number of nitrogen functional groups attached to an aromatic ring is 1.